The van der Waals surface area contributed by atoms with E-state index < -0.39 is 0 Å². The van der Waals surface area contributed by atoms with E-state index >= 15 is 0 Å². The van der Waals surface area contributed by atoms with Crippen LogP contribution in [0.1, 0.15) is 48.1 Å². The first-order valence-corrected chi connectivity index (χ1v) is 7.86. The predicted octanol–water partition coefficient (Wildman–Crippen LogP) is 5.05. The number of amides is 1. The minimum atomic E-state index is -0.176. The number of allylic oxidation sites excluding steroid dienone is 1. The van der Waals surface area contributed by atoms with E-state index in [2.05, 4.69) is 18.3 Å². The third kappa shape index (κ3) is 4.74. The van der Waals surface area contributed by atoms with Crippen LogP contribution in [-0.4, -0.2) is 13.0 Å². The summed E-state index contributed by atoms with van der Waals surface area (Å²) >= 11 is 0. The first kappa shape index (κ1) is 16.9. The number of anilines is 1. The van der Waals surface area contributed by atoms with E-state index in [1.54, 1.807) is 44.4 Å². The van der Waals surface area contributed by atoms with Gasteiger partial charge in [-0.2, -0.15) is 0 Å². The first-order chi connectivity index (χ1) is 11.1. The fourth-order valence-corrected chi connectivity index (χ4v) is 2.21. The van der Waals surface area contributed by atoms with Crippen LogP contribution < -0.4 is 10.1 Å². The molecule has 0 spiro atoms. The molecule has 4 heteroatoms. The number of nitrogens with one attached hydrogen (secondary N) is 1. The molecule has 1 heterocycles. The van der Waals surface area contributed by atoms with Crippen LogP contribution in [-0.2, 0) is 0 Å². The first-order valence-electron chi connectivity index (χ1n) is 7.86. The summed E-state index contributed by atoms with van der Waals surface area (Å²) in [7, 11) is 1.61. The van der Waals surface area contributed by atoms with Gasteiger partial charge in [0, 0.05) is 5.69 Å². The van der Waals surface area contributed by atoms with E-state index in [9.17, 15) is 4.79 Å². The van der Waals surface area contributed by atoms with Gasteiger partial charge in [-0.15, -0.1) is 0 Å². The molecule has 23 heavy (non-hydrogen) atoms. The Balaban J connectivity index is 2.03. The third-order valence-corrected chi connectivity index (χ3v) is 3.54. The molecule has 0 aliphatic carbocycles. The summed E-state index contributed by atoms with van der Waals surface area (Å²) < 4.78 is 10.7. The lowest BCUT2D eigenvalue weighted by molar-refractivity contribution is 0.102. The Bertz CT molecular complexity index is 668. The number of methoxy groups -OCH3 is 1. The van der Waals surface area contributed by atoms with Crippen molar-refractivity contribution in [2.45, 2.75) is 33.1 Å². The summed E-state index contributed by atoms with van der Waals surface area (Å²) in [6.45, 7) is 3.96. The summed E-state index contributed by atoms with van der Waals surface area (Å²) in [6, 6.07) is 8.99. The van der Waals surface area contributed by atoms with Crippen LogP contribution in [0.4, 0.5) is 5.69 Å². The van der Waals surface area contributed by atoms with Crippen molar-refractivity contribution in [3.8, 4) is 5.75 Å². The highest BCUT2D eigenvalue weighted by molar-refractivity contribution is 6.05. The van der Waals surface area contributed by atoms with E-state index in [4.69, 9.17) is 9.15 Å². The summed E-state index contributed by atoms with van der Waals surface area (Å²) in [5, 5.41) is 2.86. The van der Waals surface area contributed by atoms with E-state index in [0.717, 1.165) is 30.7 Å². The number of rotatable bonds is 7. The maximum absolute atomic E-state index is 12.4. The zero-order valence-corrected chi connectivity index (χ0v) is 13.9. The molecular weight excluding hydrogens is 290 g/mol. The van der Waals surface area contributed by atoms with Crippen LogP contribution in [0.3, 0.4) is 0 Å². The van der Waals surface area contributed by atoms with E-state index in [1.807, 2.05) is 6.08 Å². The zero-order valence-electron chi connectivity index (χ0n) is 13.9. The monoisotopic (exact) mass is 313 g/mol. The second-order valence-electron chi connectivity index (χ2n) is 5.35. The van der Waals surface area contributed by atoms with E-state index in [-0.39, 0.29) is 5.91 Å². The molecule has 0 saturated heterocycles. The smallest absolute Gasteiger partial charge is 0.259 e. The lowest BCUT2D eigenvalue weighted by Gasteiger charge is -2.05. The van der Waals surface area contributed by atoms with Crippen molar-refractivity contribution in [2.75, 3.05) is 12.4 Å². The minimum Gasteiger partial charge on any atom is -0.497 e. The van der Waals surface area contributed by atoms with Gasteiger partial charge >= 0.3 is 0 Å². The van der Waals surface area contributed by atoms with Gasteiger partial charge in [0.15, 0.2) is 0 Å². The number of aryl methyl sites for hydroxylation is 1. The van der Waals surface area contributed by atoms with Crippen molar-refractivity contribution in [3.63, 3.8) is 0 Å². The van der Waals surface area contributed by atoms with Gasteiger partial charge in [0.1, 0.15) is 17.3 Å². The van der Waals surface area contributed by atoms with Crippen LogP contribution in [0.2, 0.25) is 0 Å². The average molecular weight is 313 g/mol. The third-order valence-electron chi connectivity index (χ3n) is 3.54. The summed E-state index contributed by atoms with van der Waals surface area (Å²) in [5.41, 5.74) is 1.27. The van der Waals surface area contributed by atoms with Crippen molar-refractivity contribution in [1.82, 2.24) is 0 Å². The molecule has 0 aliphatic rings. The van der Waals surface area contributed by atoms with Gasteiger partial charge in [0.05, 0.1) is 12.7 Å². The summed E-state index contributed by atoms with van der Waals surface area (Å²) in [4.78, 5) is 12.4. The average Bonchev–Trinajstić information content (AvgIpc) is 2.93. The summed E-state index contributed by atoms with van der Waals surface area (Å²) in [5.74, 6) is 1.90. The van der Waals surface area contributed by atoms with Crippen molar-refractivity contribution in [2.24, 2.45) is 0 Å². The number of furan rings is 1. The number of benzene rings is 1. The lowest BCUT2D eigenvalue weighted by atomic mass is 10.2. The highest BCUT2D eigenvalue weighted by atomic mass is 16.5. The van der Waals surface area contributed by atoms with Crippen molar-refractivity contribution < 1.29 is 13.9 Å². The molecule has 1 N–H and O–H groups in total. The molecule has 122 valence electrons. The number of hydrogen-bond acceptors (Lipinski definition) is 3. The molecule has 0 saturated carbocycles. The van der Waals surface area contributed by atoms with Gasteiger partial charge in [0.2, 0.25) is 0 Å². The molecule has 0 aliphatic heterocycles. The Morgan fingerprint density at radius 2 is 2.04 bits per heavy atom. The second-order valence-corrected chi connectivity index (χ2v) is 5.35. The molecule has 0 radical (unpaired) electrons. The van der Waals surface area contributed by atoms with Gasteiger partial charge in [-0.25, -0.2) is 0 Å². The zero-order chi connectivity index (χ0) is 16.7. The number of carbonyl (C=O) groups excluding carboxylic acids is 1. The number of carbonyl (C=O) groups is 1. The minimum absolute atomic E-state index is 0.176. The predicted molar refractivity (Wildman–Crippen MR) is 93.0 cm³/mol. The number of unbranched alkanes of at least 4 members (excludes halogenated alkanes) is 2. The Hall–Kier alpha value is -2.49. The van der Waals surface area contributed by atoms with Gasteiger partial charge < -0.3 is 14.5 Å². The van der Waals surface area contributed by atoms with E-state index in [1.165, 1.54) is 0 Å². The Morgan fingerprint density at radius 3 is 2.70 bits per heavy atom. The molecule has 2 aromatic rings. The quantitative estimate of drug-likeness (QED) is 0.727. The van der Waals surface area contributed by atoms with Gasteiger partial charge in [0.25, 0.3) is 5.91 Å². The molecule has 1 amide bonds. The Labute approximate surface area is 137 Å². The molecule has 1 aromatic carbocycles. The number of hydrogen-bond donors (Lipinski definition) is 1. The topological polar surface area (TPSA) is 51.5 Å². The largest absolute Gasteiger partial charge is 0.497 e. The molecule has 1 aromatic heterocycles. The molecule has 4 nitrogen and oxygen atoms in total. The van der Waals surface area contributed by atoms with E-state index in [0.29, 0.717) is 17.1 Å². The lowest BCUT2D eigenvalue weighted by Crippen LogP contribution is -2.11. The van der Waals surface area contributed by atoms with Crippen molar-refractivity contribution in [1.29, 1.82) is 0 Å². The van der Waals surface area contributed by atoms with Crippen LogP contribution in [0.5, 0.6) is 5.75 Å². The SMILES string of the molecule is CCCC/C=C/c1cc(C(=O)Nc2ccc(OC)cc2)c(C)o1. The van der Waals surface area contributed by atoms with Crippen LogP contribution in [0.25, 0.3) is 6.08 Å². The molecule has 0 atom stereocenters. The van der Waals surface area contributed by atoms with Gasteiger partial charge in [-0.05, 0) is 49.8 Å². The normalized spacial score (nSPS) is 10.9. The number of ether oxygens (including phenoxy) is 1. The summed E-state index contributed by atoms with van der Waals surface area (Å²) in [6.07, 6.45) is 7.33. The second kappa shape index (κ2) is 8.22. The standard InChI is InChI=1S/C19H23NO3/c1-4-5-6-7-8-17-13-18(14(2)23-17)19(21)20-15-9-11-16(22-3)12-10-15/h7-13H,4-6H2,1-3H3,(H,20,21)/b8-7+. The molecule has 0 fully saturated rings. The van der Waals surface area contributed by atoms with Crippen LogP contribution in [0, 0.1) is 6.92 Å². The van der Waals surface area contributed by atoms with Crippen molar-refractivity contribution >= 4 is 17.7 Å². The van der Waals surface area contributed by atoms with Gasteiger partial charge in [-0.3, -0.25) is 4.79 Å². The highest BCUT2D eigenvalue weighted by Crippen LogP contribution is 2.20. The molecule has 0 unspecified atom stereocenters. The Morgan fingerprint density at radius 1 is 1.30 bits per heavy atom. The van der Waals surface area contributed by atoms with Gasteiger partial charge in [-0.1, -0.05) is 25.8 Å². The van der Waals surface area contributed by atoms with Crippen LogP contribution in [0.15, 0.2) is 40.8 Å². The van der Waals surface area contributed by atoms with Crippen LogP contribution >= 0.6 is 0 Å². The maximum atomic E-state index is 12.4. The van der Waals surface area contributed by atoms with Crippen molar-refractivity contribution in [3.05, 3.63) is 53.5 Å². The molecule has 0 bridgehead atoms. The Kier molecular flexibility index (Phi) is 6.03. The maximum Gasteiger partial charge on any atom is 0.259 e. The molecular formula is C19H23NO3. The molecule has 2 rings (SSSR count). The fourth-order valence-electron chi connectivity index (χ4n) is 2.21. The highest BCUT2D eigenvalue weighted by Gasteiger charge is 2.14. The fraction of sp³-hybridized carbons (Fsp3) is 0.316.